The Kier molecular flexibility index (Phi) is 8.22. The lowest BCUT2D eigenvalue weighted by Crippen LogP contribution is -2.14. The SMILES string of the molecule is CCCCC(CC)C[PH](=O)OC1CCCCC1. The predicted molar refractivity (Wildman–Crippen MR) is 75.1 cm³/mol. The molecule has 2 unspecified atom stereocenters. The maximum atomic E-state index is 12.0. The van der Waals surface area contributed by atoms with Crippen molar-refractivity contribution < 1.29 is 9.09 Å². The van der Waals surface area contributed by atoms with Crippen LogP contribution in [0.2, 0.25) is 0 Å². The van der Waals surface area contributed by atoms with Gasteiger partial charge >= 0.3 is 0 Å². The molecule has 0 bridgehead atoms. The Morgan fingerprint density at radius 1 is 1.24 bits per heavy atom. The summed E-state index contributed by atoms with van der Waals surface area (Å²) in [7, 11) is -1.78. The van der Waals surface area contributed by atoms with E-state index in [9.17, 15) is 4.57 Å². The molecule has 2 atom stereocenters. The van der Waals surface area contributed by atoms with E-state index >= 15 is 0 Å². The van der Waals surface area contributed by atoms with Crippen LogP contribution in [0.5, 0.6) is 0 Å². The zero-order valence-corrected chi connectivity index (χ0v) is 12.5. The molecule has 0 saturated heterocycles. The van der Waals surface area contributed by atoms with Crippen LogP contribution in [0.25, 0.3) is 0 Å². The molecule has 1 aliphatic carbocycles. The topological polar surface area (TPSA) is 26.3 Å². The highest BCUT2D eigenvalue weighted by atomic mass is 31.1. The van der Waals surface area contributed by atoms with Crippen molar-refractivity contribution in [3.8, 4) is 0 Å². The van der Waals surface area contributed by atoms with E-state index in [-0.39, 0.29) is 0 Å². The van der Waals surface area contributed by atoms with Gasteiger partial charge in [0.05, 0.1) is 6.10 Å². The van der Waals surface area contributed by atoms with E-state index in [1.807, 2.05) is 0 Å². The van der Waals surface area contributed by atoms with Crippen molar-refractivity contribution >= 4 is 8.03 Å². The van der Waals surface area contributed by atoms with Gasteiger partial charge in [0.25, 0.3) is 0 Å². The van der Waals surface area contributed by atoms with Crippen LogP contribution in [0.3, 0.4) is 0 Å². The molecule has 0 aromatic heterocycles. The maximum Gasteiger partial charge on any atom is 0.192 e. The first-order valence-electron chi connectivity index (χ1n) is 7.45. The first-order chi connectivity index (χ1) is 8.26. The molecular formula is C14H29O2P. The van der Waals surface area contributed by atoms with E-state index in [0.29, 0.717) is 12.0 Å². The molecule has 1 rings (SSSR count). The molecule has 0 heterocycles. The van der Waals surface area contributed by atoms with Crippen molar-refractivity contribution in [1.29, 1.82) is 0 Å². The summed E-state index contributed by atoms with van der Waals surface area (Å²) in [6.45, 7) is 4.42. The van der Waals surface area contributed by atoms with Crippen LogP contribution in [0.4, 0.5) is 0 Å². The fourth-order valence-corrected chi connectivity index (χ4v) is 4.26. The molecular weight excluding hydrogens is 231 g/mol. The molecule has 0 aromatic rings. The molecule has 102 valence electrons. The Morgan fingerprint density at radius 3 is 2.53 bits per heavy atom. The van der Waals surface area contributed by atoms with Gasteiger partial charge < -0.3 is 4.52 Å². The van der Waals surface area contributed by atoms with Gasteiger partial charge in [-0.05, 0) is 25.2 Å². The monoisotopic (exact) mass is 260 g/mol. The highest BCUT2D eigenvalue weighted by Gasteiger charge is 2.18. The average Bonchev–Trinajstić information content (AvgIpc) is 2.35. The highest BCUT2D eigenvalue weighted by molar-refractivity contribution is 7.39. The molecule has 0 radical (unpaired) electrons. The summed E-state index contributed by atoms with van der Waals surface area (Å²) in [6, 6.07) is 0. The van der Waals surface area contributed by atoms with Crippen molar-refractivity contribution in [2.45, 2.75) is 77.7 Å². The summed E-state index contributed by atoms with van der Waals surface area (Å²) in [6.07, 6.45) is 12.1. The third kappa shape index (κ3) is 6.62. The van der Waals surface area contributed by atoms with Crippen LogP contribution in [0.1, 0.15) is 71.6 Å². The van der Waals surface area contributed by atoms with Gasteiger partial charge in [0.1, 0.15) is 0 Å². The smallest absolute Gasteiger partial charge is 0.192 e. The van der Waals surface area contributed by atoms with Crippen LogP contribution < -0.4 is 0 Å². The lowest BCUT2D eigenvalue weighted by molar-refractivity contribution is 0.164. The normalized spacial score (nSPS) is 21.3. The quantitative estimate of drug-likeness (QED) is 0.572. The second kappa shape index (κ2) is 9.16. The van der Waals surface area contributed by atoms with Gasteiger partial charge in [0.2, 0.25) is 0 Å². The van der Waals surface area contributed by atoms with Gasteiger partial charge in [-0.25, -0.2) is 0 Å². The van der Waals surface area contributed by atoms with E-state index in [4.69, 9.17) is 4.52 Å². The van der Waals surface area contributed by atoms with E-state index in [0.717, 1.165) is 25.4 Å². The molecule has 0 amide bonds. The molecule has 1 fully saturated rings. The molecule has 0 aromatic carbocycles. The van der Waals surface area contributed by atoms with Crippen molar-refractivity contribution in [3.63, 3.8) is 0 Å². The molecule has 17 heavy (non-hydrogen) atoms. The summed E-state index contributed by atoms with van der Waals surface area (Å²) in [4.78, 5) is 0. The van der Waals surface area contributed by atoms with Crippen molar-refractivity contribution in [2.24, 2.45) is 5.92 Å². The number of hydrogen-bond donors (Lipinski definition) is 0. The van der Waals surface area contributed by atoms with Crippen LogP contribution in [-0.2, 0) is 9.09 Å². The Balaban J connectivity index is 2.21. The second-order valence-electron chi connectivity index (χ2n) is 5.37. The van der Waals surface area contributed by atoms with Gasteiger partial charge in [-0.15, -0.1) is 0 Å². The first-order valence-corrected chi connectivity index (χ1v) is 8.98. The largest absolute Gasteiger partial charge is 0.327 e. The van der Waals surface area contributed by atoms with Gasteiger partial charge in [0, 0.05) is 6.16 Å². The van der Waals surface area contributed by atoms with Crippen molar-refractivity contribution in [3.05, 3.63) is 0 Å². The summed E-state index contributed by atoms with van der Waals surface area (Å²) < 4.78 is 17.8. The average molecular weight is 260 g/mol. The molecule has 2 nitrogen and oxygen atoms in total. The molecule has 0 N–H and O–H groups in total. The summed E-state index contributed by atoms with van der Waals surface area (Å²) >= 11 is 0. The Bertz CT molecular complexity index is 212. The van der Waals surface area contributed by atoms with Crippen LogP contribution >= 0.6 is 8.03 Å². The van der Waals surface area contributed by atoms with Crippen LogP contribution in [0, 0.1) is 5.92 Å². The lowest BCUT2D eigenvalue weighted by Gasteiger charge is -2.23. The van der Waals surface area contributed by atoms with Crippen LogP contribution in [0.15, 0.2) is 0 Å². The van der Waals surface area contributed by atoms with E-state index in [1.165, 1.54) is 38.5 Å². The zero-order valence-electron chi connectivity index (χ0n) is 11.5. The van der Waals surface area contributed by atoms with Crippen LogP contribution in [-0.4, -0.2) is 12.3 Å². The third-order valence-corrected chi connectivity index (χ3v) is 5.36. The van der Waals surface area contributed by atoms with E-state index in [2.05, 4.69) is 13.8 Å². The Hall–Kier alpha value is 0.190. The highest BCUT2D eigenvalue weighted by Crippen LogP contribution is 2.34. The second-order valence-corrected chi connectivity index (χ2v) is 6.76. The summed E-state index contributed by atoms with van der Waals surface area (Å²) in [5, 5.41) is 0. The number of hydrogen-bond acceptors (Lipinski definition) is 2. The molecule has 1 aliphatic rings. The lowest BCUT2D eigenvalue weighted by atomic mass is 9.98. The summed E-state index contributed by atoms with van der Waals surface area (Å²) in [5.74, 6) is 0.616. The maximum absolute atomic E-state index is 12.0. The zero-order chi connectivity index (χ0) is 12.5. The Morgan fingerprint density at radius 2 is 1.94 bits per heavy atom. The van der Waals surface area contributed by atoms with Crippen molar-refractivity contribution in [2.75, 3.05) is 6.16 Å². The third-order valence-electron chi connectivity index (χ3n) is 3.85. The van der Waals surface area contributed by atoms with Gasteiger partial charge in [0.15, 0.2) is 8.03 Å². The number of unbranched alkanes of at least 4 members (excludes halogenated alkanes) is 1. The minimum absolute atomic E-state index is 0.304. The number of rotatable bonds is 8. The summed E-state index contributed by atoms with van der Waals surface area (Å²) in [5.41, 5.74) is 0. The fourth-order valence-electron chi connectivity index (χ4n) is 2.60. The van der Waals surface area contributed by atoms with Crippen molar-refractivity contribution in [1.82, 2.24) is 0 Å². The first kappa shape index (κ1) is 15.2. The molecule has 0 aliphatic heterocycles. The molecule has 0 spiro atoms. The molecule has 3 heteroatoms. The van der Waals surface area contributed by atoms with E-state index in [1.54, 1.807) is 0 Å². The van der Waals surface area contributed by atoms with E-state index < -0.39 is 8.03 Å². The van der Waals surface area contributed by atoms with Gasteiger partial charge in [-0.3, -0.25) is 4.57 Å². The Labute approximate surface area is 107 Å². The minimum atomic E-state index is -1.78. The molecule has 1 saturated carbocycles. The standard InChI is InChI=1S/C14H29O2P/c1-3-5-9-13(4-2)12-17(15)16-14-10-7-6-8-11-14/h13-14,17H,3-12H2,1-2H3. The minimum Gasteiger partial charge on any atom is -0.327 e. The van der Waals surface area contributed by atoms with Gasteiger partial charge in [-0.1, -0.05) is 52.4 Å². The fraction of sp³-hybridized carbons (Fsp3) is 1.00. The van der Waals surface area contributed by atoms with Gasteiger partial charge in [-0.2, -0.15) is 0 Å². The predicted octanol–water partition coefficient (Wildman–Crippen LogP) is 5.03.